The molecule has 4 rings (SSSR count). The highest BCUT2D eigenvalue weighted by atomic mass is 32.1. The first-order valence-corrected chi connectivity index (χ1v) is 10.4. The Morgan fingerprint density at radius 1 is 1.08 bits per heavy atom. The zero-order chi connectivity index (χ0) is 17.1. The Hall–Kier alpha value is -1.72. The Balaban J connectivity index is 1.52. The molecule has 2 atom stereocenters. The van der Waals surface area contributed by atoms with Crippen LogP contribution < -0.4 is 0 Å². The number of hydrogen-bond donors (Lipinski definition) is 0. The van der Waals surface area contributed by atoms with Crippen LogP contribution >= 0.6 is 22.7 Å². The average molecular weight is 368 g/mol. The highest BCUT2D eigenvalue weighted by molar-refractivity contribution is 7.08. The largest absolute Gasteiger partial charge is 0.357 e. The summed E-state index contributed by atoms with van der Waals surface area (Å²) in [6.07, 6.45) is 2.50. The van der Waals surface area contributed by atoms with Gasteiger partial charge in [-0.2, -0.15) is 22.7 Å². The lowest BCUT2D eigenvalue weighted by atomic mass is 10.0. The summed E-state index contributed by atoms with van der Waals surface area (Å²) in [5.74, 6) is 0. The molecule has 0 radical (unpaired) electrons. The maximum atomic E-state index is 6.08. The minimum absolute atomic E-state index is 0.153. The first kappa shape index (κ1) is 16.7. The first-order valence-electron chi connectivity index (χ1n) is 8.49. The van der Waals surface area contributed by atoms with Gasteiger partial charge in [0, 0.05) is 12.6 Å². The molecule has 1 aliphatic heterocycles. The second-order valence-electron chi connectivity index (χ2n) is 6.28. The molecule has 2 unspecified atom stereocenters. The highest BCUT2D eigenvalue weighted by Gasteiger charge is 2.32. The third-order valence-corrected chi connectivity index (χ3v) is 6.12. The molecule has 0 bridgehead atoms. The van der Waals surface area contributed by atoms with Gasteiger partial charge >= 0.3 is 0 Å². The van der Waals surface area contributed by atoms with E-state index < -0.39 is 0 Å². The van der Waals surface area contributed by atoms with Crippen LogP contribution in [0.25, 0.3) is 5.57 Å². The second kappa shape index (κ2) is 7.67. The molecule has 0 N–H and O–H groups in total. The summed E-state index contributed by atoms with van der Waals surface area (Å²) >= 11 is 3.49. The van der Waals surface area contributed by atoms with E-state index in [2.05, 4.69) is 81.9 Å². The van der Waals surface area contributed by atoms with Crippen LogP contribution in [0.15, 0.2) is 70.1 Å². The van der Waals surface area contributed by atoms with Crippen molar-refractivity contribution in [2.24, 2.45) is 0 Å². The molecule has 0 saturated carbocycles. The van der Waals surface area contributed by atoms with E-state index in [9.17, 15) is 0 Å². The SMILES string of the molecule is CC1C(c2ccccc2)OCN1CC=C(c1ccsc1)c1ccsc1. The van der Waals surface area contributed by atoms with Gasteiger partial charge in [0.2, 0.25) is 0 Å². The number of benzene rings is 1. The van der Waals surface area contributed by atoms with E-state index in [0.717, 1.165) is 6.54 Å². The van der Waals surface area contributed by atoms with Crippen LogP contribution in [0.2, 0.25) is 0 Å². The molecule has 1 aliphatic rings. The smallest absolute Gasteiger partial charge is 0.100 e. The van der Waals surface area contributed by atoms with Crippen LogP contribution in [-0.4, -0.2) is 24.2 Å². The molecule has 0 amide bonds. The van der Waals surface area contributed by atoms with Crippen LogP contribution in [0, 0.1) is 0 Å². The topological polar surface area (TPSA) is 12.5 Å². The van der Waals surface area contributed by atoms with E-state index in [1.165, 1.54) is 22.3 Å². The van der Waals surface area contributed by atoms with Crippen molar-refractivity contribution in [3.63, 3.8) is 0 Å². The van der Waals surface area contributed by atoms with Crippen LogP contribution in [-0.2, 0) is 4.74 Å². The van der Waals surface area contributed by atoms with Gasteiger partial charge in [-0.05, 0) is 62.8 Å². The van der Waals surface area contributed by atoms with Gasteiger partial charge in [-0.1, -0.05) is 36.4 Å². The Labute approximate surface area is 157 Å². The van der Waals surface area contributed by atoms with E-state index in [4.69, 9.17) is 4.74 Å². The molecule has 128 valence electrons. The second-order valence-corrected chi connectivity index (χ2v) is 7.84. The summed E-state index contributed by atoms with van der Waals surface area (Å²) in [7, 11) is 0. The summed E-state index contributed by atoms with van der Waals surface area (Å²) in [6, 6.07) is 15.3. The summed E-state index contributed by atoms with van der Waals surface area (Å²) < 4.78 is 6.08. The third-order valence-electron chi connectivity index (χ3n) is 4.76. The van der Waals surface area contributed by atoms with Crippen LogP contribution in [0.3, 0.4) is 0 Å². The van der Waals surface area contributed by atoms with E-state index in [0.29, 0.717) is 12.8 Å². The Morgan fingerprint density at radius 2 is 1.76 bits per heavy atom. The minimum Gasteiger partial charge on any atom is -0.357 e. The van der Waals surface area contributed by atoms with Gasteiger partial charge in [0.25, 0.3) is 0 Å². The minimum atomic E-state index is 0.153. The van der Waals surface area contributed by atoms with Crippen molar-refractivity contribution in [3.05, 3.63) is 86.8 Å². The van der Waals surface area contributed by atoms with Crippen molar-refractivity contribution >= 4 is 28.2 Å². The fourth-order valence-corrected chi connectivity index (χ4v) is 4.62. The predicted octanol–water partition coefficient (Wildman–Crippen LogP) is 5.66. The zero-order valence-electron chi connectivity index (χ0n) is 14.2. The van der Waals surface area contributed by atoms with Crippen molar-refractivity contribution in [1.82, 2.24) is 4.90 Å². The first-order chi connectivity index (χ1) is 12.3. The van der Waals surface area contributed by atoms with Gasteiger partial charge in [0.15, 0.2) is 0 Å². The molecule has 2 aromatic heterocycles. The lowest BCUT2D eigenvalue weighted by Crippen LogP contribution is -2.29. The molecule has 1 aromatic carbocycles. The monoisotopic (exact) mass is 367 g/mol. The van der Waals surface area contributed by atoms with E-state index in [1.54, 1.807) is 22.7 Å². The number of nitrogens with zero attached hydrogens (tertiary/aromatic N) is 1. The normalized spacial score (nSPS) is 20.7. The Kier molecular flexibility index (Phi) is 5.13. The van der Waals surface area contributed by atoms with Crippen molar-refractivity contribution < 1.29 is 4.74 Å². The number of thiophene rings is 2. The van der Waals surface area contributed by atoms with Crippen LogP contribution in [0.5, 0.6) is 0 Å². The fourth-order valence-electron chi connectivity index (χ4n) is 3.31. The lowest BCUT2D eigenvalue weighted by molar-refractivity contribution is 0.0911. The Morgan fingerprint density at radius 3 is 2.36 bits per heavy atom. The van der Waals surface area contributed by atoms with E-state index in [-0.39, 0.29) is 6.10 Å². The highest BCUT2D eigenvalue weighted by Crippen LogP contribution is 2.32. The van der Waals surface area contributed by atoms with Gasteiger partial charge < -0.3 is 4.74 Å². The quantitative estimate of drug-likeness (QED) is 0.577. The third kappa shape index (κ3) is 3.62. The molecular formula is C21H21NOS2. The molecule has 4 heteroatoms. The molecule has 25 heavy (non-hydrogen) atoms. The fraction of sp³-hybridized carbons (Fsp3) is 0.238. The number of ether oxygens (including phenoxy) is 1. The van der Waals surface area contributed by atoms with Crippen molar-refractivity contribution in [3.8, 4) is 0 Å². The molecule has 3 aromatic rings. The molecule has 0 spiro atoms. The van der Waals surface area contributed by atoms with Gasteiger partial charge in [-0.3, -0.25) is 4.90 Å². The maximum absolute atomic E-state index is 6.08. The lowest BCUT2D eigenvalue weighted by Gasteiger charge is -2.21. The molecule has 1 saturated heterocycles. The molecular weight excluding hydrogens is 346 g/mol. The maximum Gasteiger partial charge on any atom is 0.100 e. The molecule has 2 nitrogen and oxygen atoms in total. The molecule has 1 fully saturated rings. The van der Waals surface area contributed by atoms with Gasteiger partial charge in [-0.15, -0.1) is 0 Å². The van der Waals surface area contributed by atoms with Gasteiger partial charge in [0.05, 0.1) is 6.10 Å². The van der Waals surface area contributed by atoms with E-state index >= 15 is 0 Å². The molecule has 0 aliphatic carbocycles. The summed E-state index contributed by atoms with van der Waals surface area (Å²) in [4.78, 5) is 2.40. The zero-order valence-corrected chi connectivity index (χ0v) is 15.8. The number of hydrogen-bond acceptors (Lipinski definition) is 4. The van der Waals surface area contributed by atoms with Crippen LogP contribution in [0.1, 0.15) is 29.7 Å². The Bertz CT molecular complexity index is 773. The van der Waals surface area contributed by atoms with Crippen molar-refractivity contribution in [2.75, 3.05) is 13.3 Å². The standard InChI is InChI=1S/C21H21NOS2/c1-16-21(17-5-3-2-4-6-17)23-15-22(16)10-7-20(18-8-11-24-13-18)19-9-12-25-14-19/h2-9,11-14,16,21H,10,15H2,1H3. The summed E-state index contributed by atoms with van der Waals surface area (Å²) in [5, 5.41) is 8.73. The van der Waals surface area contributed by atoms with E-state index in [1.807, 2.05) is 0 Å². The summed E-state index contributed by atoms with van der Waals surface area (Å²) in [5.41, 5.74) is 5.18. The predicted molar refractivity (Wildman–Crippen MR) is 107 cm³/mol. The van der Waals surface area contributed by atoms with Gasteiger partial charge in [0.1, 0.15) is 6.73 Å². The summed E-state index contributed by atoms with van der Waals surface area (Å²) in [6.45, 7) is 3.83. The molecule has 3 heterocycles. The average Bonchev–Trinajstić information content (AvgIpc) is 3.39. The number of rotatable bonds is 5. The van der Waals surface area contributed by atoms with Crippen LogP contribution in [0.4, 0.5) is 0 Å². The van der Waals surface area contributed by atoms with Crippen molar-refractivity contribution in [1.29, 1.82) is 0 Å². The van der Waals surface area contributed by atoms with Gasteiger partial charge in [-0.25, -0.2) is 0 Å². The van der Waals surface area contributed by atoms with Crippen molar-refractivity contribution in [2.45, 2.75) is 19.1 Å².